The fraction of sp³-hybridized carbons (Fsp3) is 0.682. The van der Waals surface area contributed by atoms with Crippen molar-refractivity contribution in [1.29, 1.82) is 0 Å². The van der Waals surface area contributed by atoms with Crippen LogP contribution in [0.3, 0.4) is 0 Å². The molecule has 0 N–H and O–H groups in total. The number of rotatable bonds is 36. The van der Waals surface area contributed by atoms with E-state index in [0.717, 1.165) is 83.5 Å². The van der Waals surface area contributed by atoms with Gasteiger partial charge in [0.05, 0.1) is 27.7 Å². The molecule has 0 aromatic carbocycles. The molecule has 0 bridgehead atoms. The summed E-state index contributed by atoms with van der Waals surface area (Å²) in [5, 5.41) is 0. The summed E-state index contributed by atoms with van der Waals surface area (Å²) >= 11 is 0. The number of phosphoric ester groups is 1. The average molecular weight is 778 g/mol. The normalized spacial score (nSPS) is 14.4. The van der Waals surface area contributed by atoms with Crippen LogP contribution in [0.2, 0.25) is 0 Å². The molecule has 54 heavy (non-hydrogen) atoms. The Labute approximate surface area is 329 Å². The van der Waals surface area contributed by atoms with Crippen LogP contribution in [0.15, 0.2) is 72.9 Å². The number of ether oxygens (including phenoxy) is 2. The molecule has 0 spiro atoms. The molecular weight excluding hydrogens is 701 g/mol. The maximum Gasteiger partial charge on any atom is 0.306 e. The van der Waals surface area contributed by atoms with E-state index in [1.165, 1.54) is 19.3 Å². The van der Waals surface area contributed by atoms with Crippen molar-refractivity contribution >= 4 is 19.8 Å². The zero-order chi connectivity index (χ0) is 40.0. The Bertz CT molecular complexity index is 1150. The minimum atomic E-state index is -4.64. The Morgan fingerprint density at radius 1 is 0.593 bits per heavy atom. The third-order valence-electron chi connectivity index (χ3n) is 8.21. The highest BCUT2D eigenvalue weighted by molar-refractivity contribution is 7.45. The van der Waals surface area contributed by atoms with E-state index >= 15 is 0 Å². The van der Waals surface area contributed by atoms with Gasteiger partial charge in [0.25, 0.3) is 7.82 Å². The van der Waals surface area contributed by atoms with Gasteiger partial charge in [-0.05, 0) is 83.5 Å². The maximum absolute atomic E-state index is 12.6. The number of esters is 2. The molecule has 10 heteroatoms. The lowest BCUT2D eigenvalue weighted by Gasteiger charge is -2.28. The van der Waals surface area contributed by atoms with Crippen LogP contribution in [-0.2, 0) is 32.7 Å². The Morgan fingerprint density at radius 3 is 1.61 bits per heavy atom. The number of carbonyl (C=O) groups excluding carboxylic acids is 2. The molecule has 0 aliphatic heterocycles. The van der Waals surface area contributed by atoms with Crippen LogP contribution in [0, 0.1) is 0 Å². The maximum atomic E-state index is 12.6. The van der Waals surface area contributed by atoms with Gasteiger partial charge in [0.15, 0.2) is 6.10 Å². The van der Waals surface area contributed by atoms with Gasteiger partial charge in [0.1, 0.15) is 19.8 Å². The van der Waals surface area contributed by atoms with Crippen molar-refractivity contribution < 1.29 is 42.1 Å². The topological polar surface area (TPSA) is 111 Å². The SMILES string of the molecule is CC/C=C/C/C=C/C/C=C/CCCCCCCC(=O)O[C@H](COC(=O)CCCC/C=C/C/C=C/C/C=C/CCCCC)COP(=O)([O-])OCC[N+](C)(C)C. The lowest BCUT2D eigenvalue weighted by molar-refractivity contribution is -0.870. The van der Waals surface area contributed by atoms with Crippen LogP contribution in [0.4, 0.5) is 0 Å². The highest BCUT2D eigenvalue weighted by Crippen LogP contribution is 2.38. The summed E-state index contributed by atoms with van der Waals surface area (Å²) in [6.07, 6.45) is 43.6. The molecule has 0 aliphatic rings. The van der Waals surface area contributed by atoms with Crippen LogP contribution in [0.1, 0.15) is 142 Å². The van der Waals surface area contributed by atoms with Gasteiger partial charge < -0.3 is 27.9 Å². The molecule has 0 aromatic heterocycles. The smallest absolute Gasteiger partial charge is 0.306 e. The molecule has 2 atom stereocenters. The monoisotopic (exact) mass is 778 g/mol. The lowest BCUT2D eigenvalue weighted by atomic mass is 10.1. The van der Waals surface area contributed by atoms with E-state index < -0.39 is 32.5 Å². The minimum absolute atomic E-state index is 0.0444. The number of likely N-dealkylation sites (N-methyl/N-ethyl adjacent to an activating group) is 1. The first-order valence-corrected chi connectivity index (χ1v) is 22.1. The molecule has 0 saturated heterocycles. The number of quaternary nitrogens is 1. The Hall–Kier alpha value is -2.55. The summed E-state index contributed by atoms with van der Waals surface area (Å²) in [5.74, 6) is -0.908. The van der Waals surface area contributed by atoms with Crippen molar-refractivity contribution in [3.8, 4) is 0 Å². The van der Waals surface area contributed by atoms with E-state index in [9.17, 15) is 19.0 Å². The first kappa shape index (κ1) is 51.5. The van der Waals surface area contributed by atoms with Crippen molar-refractivity contribution in [2.45, 2.75) is 148 Å². The number of hydrogen-bond acceptors (Lipinski definition) is 8. The lowest BCUT2D eigenvalue weighted by Crippen LogP contribution is -2.37. The second-order valence-corrected chi connectivity index (χ2v) is 16.0. The van der Waals surface area contributed by atoms with E-state index in [0.29, 0.717) is 23.9 Å². The van der Waals surface area contributed by atoms with Gasteiger partial charge in [0, 0.05) is 12.8 Å². The predicted octanol–water partition coefficient (Wildman–Crippen LogP) is 10.8. The first-order valence-electron chi connectivity index (χ1n) is 20.6. The summed E-state index contributed by atoms with van der Waals surface area (Å²) in [6.45, 7) is 3.99. The summed E-state index contributed by atoms with van der Waals surface area (Å²) in [7, 11) is 1.12. The number of nitrogens with zero attached hydrogens (tertiary/aromatic N) is 1. The molecule has 0 rings (SSSR count). The molecule has 9 nitrogen and oxygen atoms in total. The van der Waals surface area contributed by atoms with Gasteiger partial charge in [-0.1, -0.05) is 119 Å². The number of carbonyl (C=O) groups is 2. The van der Waals surface area contributed by atoms with Gasteiger partial charge in [-0.3, -0.25) is 14.2 Å². The molecule has 0 fully saturated rings. The second-order valence-electron chi connectivity index (χ2n) is 14.6. The van der Waals surface area contributed by atoms with Crippen molar-refractivity contribution in [2.75, 3.05) is 47.5 Å². The van der Waals surface area contributed by atoms with E-state index in [1.807, 2.05) is 21.1 Å². The molecule has 0 saturated carbocycles. The van der Waals surface area contributed by atoms with Gasteiger partial charge in [-0.25, -0.2) is 0 Å². The van der Waals surface area contributed by atoms with Crippen LogP contribution in [0.25, 0.3) is 0 Å². The third-order valence-corrected chi connectivity index (χ3v) is 9.17. The van der Waals surface area contributed by atoms with E-state index in [4.69, 9.17) is 18.5 Å². The zero-order valence-corrected chi connectivity index (χ0v) is 35.5. The van der Waals surface area contributed by atoms with Crippen LogP contribution in [0.5, 0.6) is 0 Å². The summed E-state index contributed by atoms with van der Waals surface area (Å²) in [5.41, 5.74) is 0. The molecule has 0 aromatic rings. The number of unbranched alkanes of at least 4 members (excludes halogenated alkanes) is 10. The molecule has 0 heterocycles. The standard InChI is InChI=1S/C44H76NO8P/c1-6-8-10-12-14-16-18-20-22-24-26-28-30-32-34-36-43(46)50-40-42(41-52-54(48,49)51-39-38-45(3,4)5)53-44(47)37-35-33-31-29-27-25-23-21-19-17-15-13-11-9-7-2/h9,11,14-17,20-23,26,28,42H,6-8,10,12-13,18-19,24-25,27,29-41H2,1-5H3/b11-9+,16-14+,17-15+,22-20+,23-21+,28-26+/t42-/m1/s1. The van der Waals surface area contributed by atoms with Gasteiger partial charge >= 0.3 is 11.9 Å². The highest BCUT2D eigenvalue weighted by Gasteiger charge is 2.21. The fourth-order valence-corrected chi connectivity index (χ4v) is 5.70. The summed E-state index contributed by atoms with van der Waals surface area (Å²) < 4.78 is 33.8. The third kappa shape index (κ3) is 39.2. The van der Waals surface area contributed by atoms with Crippen molar-refractivity contribution in [3.63, 3.8) is 0 Å². The first-order chi connectivity index (χ1) is 26.0. The molecule has 0 aliphatic carbocycles. The van der Waals surface area contributed by atoms with E-state index in [1.54, 1.807) is 0 Å². The largest absolute Gasteiger partial charge is 0.756 e. The Kier molecular flexibility index (Phi) is 34.4. The van der Waals surface area contributed by atoms with E-state index in [2.05, 4.69) is 86.8 Å². The number of phosphoric acid groups is 1. The molecular formula is C44H76NO8P. The summed E-state index contributed by atoms with van der Waals surface area (Å²) in [6, 6.07) is 0. The van der Waals surface area contributed by atoms with Gasteiger partial charge in [-0.15, -0.1) is 0 Å². The molecule has 310 valence electrons. The zero-order valence-electron chi connectivity index (χ0n) is 34.6. The Balaban J connectivity index is 4.51. The Morgan fingerprint density at radius 2 is 1.06 bits per heavy atom. The van der Waals surface area contributed by atoms with Crippen LogP contribution < -0.4 is 4.89 Å². The minimum Gasteiger partial charge on any atom is -0.756 e. The highest BCUT2D eigenvalue weighted by atomic mass is 31.2. The van der Waals surface area contributed by atoms with Crippen LogP contribution in [-0.4, -0.2) is 70.0 Å². The van der Waals surface area contributed by atoms with Gasteiger partial charge in [-0.2, -0.15) is 0 Å². The molecule has 1 unspecified atom stereocenters. The summed E-state index contributed by atoms with van der Waals surface area (Å²) in [4.78, 5) is 37.4. The number of allylic oxidation sites excluding steroid dienone is 12. The number of hydrogen-bond donors (Lipinski definition) is 0. The second kappa shape index (κ2) is 36.1. The van der Waals surface area contributed by atoms with E-state index in [-0.39, 0.29) is 26.1 Å². The fourth-order valence-electron chi connectivity index (χ4n) is 4.97. The van der Waals surface area contributed by atoms with Crippen LogP contribution >= 0.6 is 7.82 Å². The van der Waals surface area contributed by atoms with Gasteiger partial charge in [0.2, 0.25) is 0 Å². The van der Waals surface area contributed by atoms with Crippen molar-refractivity contribution in [3.05, 3.63) is 72.9 Å². The quantitative estimate of drug-likeness (QED) is 0.0203. The predicted molar refractivity (Wildman–Crippen MR) is 222 cm³/mol. The van der Waals surface area contributed by atoms with Crippen molar-refractivity contribution in [2.24, 2.45) is 0 Å². The van der Waals surface area contributed by atoms with Crippen molar-refractivity contribution in [1.82, 2.24) is 0 Å². The molecule has 0 amide bonds. The average Bonchev–Trinajstić information content (AvgIpc) is 3.12. The molecule has 0 radical (unpaired) electrons.